The second-order valence-electron chi connectivity index (χ2n) is 9.52. The topological polar surface area (TPSA) is 38.9 Å². The smallest absolute Gasteiger partial charge is 0.227 e. The van der Waals surface area contributed by atoms with Gasteiger partial charge in [0, 0.05) is 34.3 Å². The van der Waals surface area contributed by atoms with Crippen molar-refractivity contribution in [2.24, 2.45) is 0 Å². The standard InChI is InChI=1S/C29H24N2O/c1-17-11-14-30-23(15-17)24-18(2)9-10-20-26-25-19-7-3-4-8-21(19)29(12-5-6-13-29)22(25)16-31-28(26)32-27(20)24/h3-4,7-11,14-16H,5-6,12-13H2,1-2H3. The Morgan fingerprint density at radius 1 is 0.875 bits per heavy atom. The fourth-order valence-electron chi connectivity index (χ4n) is 6.32. The summed E-state index contributed by atoms with van der Waals surface area (Å²) in [5.41, 5.74) is 11.7. The molecule has 3 heteroatoms. The minimum absolute atomic E-state index is 0.113. The molecule has 7 rings (SSSR count). The molecule has 0 saturated heterocycles. The van der Waals surface area contributed by atoms with Crippen molar-refractivity contribution in [3.05, 3.63) is 83.2 Å². The molecule has 2 aliphatic carbocycles. The zero-order valence-corrected chi connectivity index (χ0v) is 18.4. The third kappa shape index (κ3) is 2.21. The van der Waals surface area contributed by atoms with Gasteiger partial charge in [0.05, 0.1) is 11.1 Å². The normalized spacial score (nSPS) is 16.2. The number of furan rings is 1. The number of hydrogen-bond acceptors (Lipinski definition) is 3. The van der Waals surface area contributed by atoms with Crippen LogP contribution in [0, 0.1) is 13.8 Å². The average Bonchev–Trinajstić information content (AvgIpc) is 3.50. The molecule has 0 amide bonds. The summed E-state index contributed by atoms with van der Waals surface area (Å²) in [4.78, 5) is 9.56. The minimum atomic E-state index is 0.113. The molecular formula is C29H24N2O. The lowest BCUT2D eigenvalue weighted by Gasteiger charge is -2.25. The van der Waals surface area contributed by atoms with Crippen LogP contribution >= 0.6 is 0 Å². The molecule has 1 fully saturated rings. The van der Waals surface area contributed by atoms with Crippen LogP contribution in [0.4, 0.5) is 0 Å². The molecule has 32 heavy (non-hydrogen) atoms. The molecule has 0 radical (unpaired) electrons. The first-order valence-corrected chi connectivity index (χ1v) is 11.6. The first-order valence-electron chi connectivity index (χ1n) is 11.6. The lowest BCUT2D eigenvalue weighted by atomic mass is 9.77. The van der Waals surface area contributed by atoms with Crippen molar-refractivity contribution in [1.29, 1.82) is 0 Å². The maximum absolute atomic E-state index is 6.50. The van der Waals surface area contributed by atoms with Crippen molar-refractivity contribution in [1.82, 2.24) is 9.97 Å². The minimum Gasteiger partial charge on any atom is -0.437 e. The highest BCUT2D eigenvalue weighted by atomic mass is 16.3. The van der Waals surface area contributed by atoms with Gasteiger partial charge in [0.15, 0.2) is 0 Å². The van der Waals surface area contributed by atoms with E-state index in [4.69, 9.17) is 9.40 Å². The van der Waals surface area contributed by atoms with Gasteiger partial charge in [-0.25, -0.2) is 4.98 Å². The van der Waals surface area contributed by atoms with Crippen LogP contribution in [0.3, 0.4) is 0 Å². The van der Waals surface area contributed by atoms with E-state index in [1.54, 1.807) is 0 Å². The predicted octanol–water partition coefficient (Wildman–Crippen LogP) is 7.50. The Hall–Kier alpha value is -3.46. The molecule has 3 aromatic heterocycles. The van der Waals surface area contributed by atoms with Crippen LogP contribution in [0.1, 0.15) is 47.9 Å². The number of fused-ring (bicyclic) bond motifs is 9. The van der Waals surface area contributed by atoms with Gasteiger partial charge in [-0.05, 0) is 66.6 Å². The van der Waals surface area contributed by atoms with Gasteiger partial charge in [0.1, 0.15) is 5.58 Å². The number of nitrogens with zero attached hydrogens (tertiary/aromatic N) is 2. The summed E-state index contributed by atoms with van der Waals surface area (Å²) in [7, 11) is 0. The third-order valence-corrected chi connectivity index (χ3v) is 7.73. The summed E-state index contributed by atoms with van der Waals surface area (Å²) < 4.78 is 6.50. The molecule has 156 valence electrons. The molecule has 2 aromatic carbocycles. The van der Waals surface area contributed by atoms with Crippen LogP contribution in [-0.2, 0) is 5.41 Å². The van der Waals surface area contributed by atoms with E-state index in [2.05, 4.69) is 67.5 Å². The van der Waals surface area contributed by atoms with E-state index < -0.39 is 0 Å². The predicted molar refractivity (Wildman–Crippen MR) is 129 cm³/mol. The van der Waals surface area contributed by atoms with Gasteiger partial charge in [-0.1, -0.05) is 49.2 Å². The highest BCUT2D eigenvalue weighted by Crippen LogP contribution is 2.58. The second-order valence-corrected chi connectivity index (χ2v) is 9.52. The van der Waals surface area contributed by atoms with Crippen molar-refractivity contribution in [3.8, 4) is 22.4 Å². The van der Waals surface area contributed by atoms with Crippen LogP contribution in [-0.4, -0.2) is 9.97 Å². The van der Waals surface area contributed by atoms with Crippen LogP contribution in [0.15, 0.2) is 65.3 Å². The number of aryl methyl sites for hydroxylation is 2. The van der Waals surface area contributed by atoms with Crippen LogP contribution in [0.2, 0.25) is 0 Å². The van der Waals surface area contributed by atoms with Gasteiger partial charge in [-0.2, -0.15) is 0 Å². The summed E-state index contributed by atoms with van der Waals surface area (Å²) in [5, 5.41) is 2.29. The van der Waals surface area contributed by atoms with E-state index in [0.29, 0.717) is 0 Å². The Kier molecular flexibility index (Phi) is 3.57. The van der Waals surface area contributed by atoms with Gasteiger partial charge in [-0.15, -0.1) is 0 Å². The van der Waals surface area contributed by atoms with Crippen molar-refractivity contribution >= 4 is 22.1 Å². The van der Waals surface area contributed by atoms with Crippen molar-refractivity contribution in [2.75, 3.05) is 0 Å². The second kappa shape index (κ2) is 6.29. The van der Waals surface area contributed by atoms with Gasteiger partial charge < -0.3 is 4.42 Å². The molecule has 0 aliphatic heterocycles. The Bertz CT molecular complexity index is 1550. The van der Waals surface area contributed by atoms with Gasteiger partial charge in [-0.3, -0.25) is 4.98 Å². The van der Waals surface area contributed by atoms with Gasteiger partial charge in [0.2, 0.25) is 5.71 Å². The molecule has 0 unspecified atom stereocenters. The van der Waals surface area contributed by atoms with E-state index in [1.165, 1.54) is 59.1 Å². The third-order valence-electron chi connectivity index (χ3n) is 7.73. The lowest BCUT2D eigenvalue weighted by molar-refractivity contribution is 0.547. The average molecular weight is 417 g/mol. The molecule has 0 N–H and O–H groups in total. The molecule has 1 saturated carbocycles. The molecular weight excluding hydrogens is 392 g/mol. The number of hydrogen-bond donors (Lipinski definition) is 0. The Balaban J connectivity index is 1.62. The molecule has 3 nitrogen and oxygen atoms in total. The molecule has 0 bridgehead atoms. The maximum Gasteiger partial charge on any atom is 0.227 e. The maximum atomic E-state index is 6.50. The van der Waals surface area contributed by atoms with Crippen LogP contribution in [0.25, 0.3) is 44.5 Å². The highest BCUT2D eigenvalue weighted by Gasteiger charge is 2.46. The Labute approximate surface area is 187 Å². The van der Waals surface area contributed by atoms with E-state index in [9.17, 15) is 0 Å². The first-order chi connectivity index (χ1) is 15.7. The summed E-state index contributed by atoms with van der Waals surface area (Å²) in [6.07, 6.45) is 8.94. The molecule has 0 atom stereocenters. The number of pyridine rings is 2. The molecule has 1 spiro atoms. The first kappa shape index (κ1) is 18.1. The Morgan fingerprint density at radius 2 is 1.72 bits per heavy atom. The summed E-state index contributed by atoms with van der Waals surface area (Å²) in [6, 6.07) is 17.5. The molecule has 2 aliphatic rings. The summed E-state index contributed by atoms with van der Waals surface area (Å²) in [6.45, 7) is 4.23. The lowest BCUT2D eigenvalue weighted by Crippen LogP contribution is -2.20. The van der Waals surface area contributed by atoms with Crippen LogP contribution in [0.5, 0.6) is 0 Å². The number of rotatable bonds is 1. The van der Waals surface area contributed by atoms with E-state index >= 15 is 0 Å². The zero-order valence-electron chi connectivity index (χ0n) is 18.4. The zero-order chi connectivity index (χ0) is 21.4. The Morgan fingerprint density at radius 3 is 2.56 bits per heavy atom. The van der Waals surface area contributed by atoms with Crippen LogP contribution < -0.4 is 0 Å². The van der Waals surface area contributed by atoms with Crippen molar-refractivity contribution in [2.45, 2.75) is 44.9 Å². The number of benzene rings is 2. The summed E-state index contributed by atoms with van der Waals surface area (Å²) in [5.74, 6) is 0. The quantitative estimate of drug-likeness (QED) is 0.284. The number of aromatic nitrogens is 2. The highest BCUT2D eigenvalue weighted by molar-refractivity contribution is 6.16. The van der Waals surface area contributed by atoms with Crippen molar-refractivity contribution < 1.29 is 4.42 Å². The molecule has 3 heterocycles. The van der Waals surface area contributed by atoms with Gasteiger partial charge in [0.25, 0.3) is 0 Å². The van der Waals surface area contributed by atoms with Crippen molar-refractivity contribution in [3.63, 3.8) is 0 Å². The fraction of sp³-hybridized carbons (Fsp3) is 0.241. The van der Waals surface area contributed by atoms with E-state index in [0.717, 1.165) is 33.3 Å². The summed E-state index contributed by atoms with van der Waals surface area (Å²) >= 11 is 0. The van der Waals surface area contributed by atoms with E-state index in [1.807, 2.05) is 12.3 Å². The molecule has 5 aromatic rings. The largest absolute Gasteiger partial charge is 0.437 e. The van der Waals surface area contributed by atoms with E-state index in [-0.39, 0.29) is 5.41 Å². The SMILES string of the molecule is Cc1ccnc(-c2c(C)ccc3c2oc2ncc4c(c23)-c2ccccc2C42CCCC2)c1. The monoisotopic (exact) mass is 416 g/mol. The fourth-order valence-corrected chi connectivity index (χ4v) is 6.32. The van der Waals surface area contributed by atoms with Gasteiger partial charge >= 0.3 is 0 Å².